The van der Waals surface area contributed by atoms with Gasteiger partial charge in [0.15, 0.2) is 0 Å². The maximum Gasteiger partial charge on any atom is 0.272 e. The highest BCUT2D eigenvalue weighted by molar-refractivity contribution is 9.10. The van der Waals surface area contributed by atoms with Gasteiger partial charge in [0.2, 0.25) is 0 Å². The molecule has 0 atom stereocenters. The highest BCUT2D eigenvalue weighted by atomic mass is 79.9. The lowest BCUT2D eigenvalue weighted by atomic mass is 10.1. The minimum Gasteiger partial charge on any atom is -0.348 e. The molecule has 0 saturated carbocycles. The molecule has 0 unspecified atom stereocenters. The molecule has 0 spiro atoms. The lowest BCUT2D eigenvalue weighted by Gasteiger charge is -2.08. The predicted octanol–water partition coefficient (Wildman–Crippen LogP) is 2.99. The number of rotatable bonds is 4. The van der Waals surface area contributed by atoms with Gasteiger partial charge in [0.1, 0.15) is 0 Å². The second-order valence-corrected chi connectivity index (χ2v) is 5.31. The number of hydrogen-bond acceptors (Lipinski definition) is 4. The van der Waals surface area contributed by atoms with E-state index in [-0.39, 0.29) is 18.1 Å². The van der Waals surface area contributed by atoms with Gasteiger partial charge in [0, 0.05) is 35.0 Å². The summed E-state index contributed by atoms with van der Waals surface area (Å²) in [5.41, 5.74) is 1.73. The van der Waals surface area contributed by atoms with Gasteiger partial charge in [-0.2, -0.15) is 0 Å². The number of nitrogens with zero attached hydrogens (tertiary/aromatic N) is 2. The van der Waals surface area contributed by atoms with Crippen molar-refractivity contribution in [2.24, 2.45) is 0 Å². The first-order valence-electron chi connectivity index (χ1n) is 6.10. The summed E-state index contributed by atoms with van der Waals surface area (Å²) >= 11 is 3.25. The zero-order valence-electron chi connectivity index (χ0n) is 11.2. The summed E-state index contributed by atoms with van der Waals surface area (Å²) in [5, 5.41) is 13.6. The first-order valence-corrected chi connectivity index (χ1v) is 6.90. The van der Waals surface area contributed by atoms with Gasteiger partial charge in [-0.3, -0.25) is 19.9 Å². The Hall–Kier alpha value is -2.28. The second kappa shape index (κ2) is 6.45. The first-order chi connectivity index (χ1) is 9.99. The Morgan fingerprint density at radius 1 is 1.43 bits per heavy atom. The molecule has 108 valence electrons. The molecule has 7 heteroatoms. The first kappa shape index (κ1) is 15.1. The molecule has 1 N–H and O–H groups in total. The predicted molar refractivity (Wildman–Crippen MR) is 80.9 cm³/mol. The molecule has 1 aromatic heterocycles. The van der Waals surface area contributed by atoms with E-state index >= 15 is 0 Å². The van der Waals surface area contributed by atoms with Crippen LogP contribution in [0.2, 0.25) is 0 Å². The molecule has 1 amide bonds. The molecule has 1 aromatic carbocycles. The molecule has 6 nitrogen and oxygen atoms in total. The van der Waals surface area contributed by atoms with Crippen molar-refractivity contribution in [3.8, 4) is 0 Å². The molecule has 1 heterocycles. The Morgan fingerprint density at radius 3 is 2.86 bits per heavy atom. The molecule has 2 aromatic rings. The van der Waals surface area contributed by atoms with Crippen LogP contribution < -0.4 is 5.32 Å². The monoisotopic (exact) mass is 349 g/mol. The second-order valence-electron chi connectivity index (χ2n) is 4.39. The van der Waals surface area contributed by atoms with Gasteiger partial charge in [-0.05, 0) is 34.5 Å². The van der Waals surface area contributed by atoms with Crippen molar-refractivity contribution in [3.63, 3.8) is 0 Å². The Balaban J connectivity index is 2.12. The smallest absolute Gasteiger partial charge is 0.272 e. The van der Waals surface area contributed by atoms with E-state index in [0.717, 1.165) is 0 Å². The molecule has 2 rings (SSSR count). The van der Waals surface area contributed by atoms with Gasteiger partial charge in [-0.1, -0.05) is 12.1 Å². The maximum absolute atomic E-state index is 12.0. The van der Waals surface area contributed by atoms with Crippen molar-refractivity contribution >= 4 is 27.5 Å². The molecule has 0 aliphatic carbocycles. The van der Waals surface area contributed by atoms with Crippen LogP contribution in [-0.4, -0.2) is 15.8 Å². The van der Waals surface area contributed by atoms with Crippen LogP contribution in [-0.2, 0) is 6.54 Å². The molecule has 0 radical (unpaired) electrons. The number of nitro benzene ring substituents is 1. The molecule has 0 aliphatic rings. The maximum atomic E-state index is 12.0. The quantitative estimate of drug-likeness (QED) is 0.679. The van der Waals surface area contributed by atoms with Gasteiger partial charge in [-0.25, -0.2) is 0 Å². The summed E-state index contributed by atoms with van der Waals surface area (Å²) in [5.74, 6) is -0.283. The van der Waals surface area contributed by atoms with E-state index in [9.17, 15) is 14.9 Å². The number of nitrogens with one attached hydrogen (secondary N) is 1. The Kier molecular flexibility index (Phi) is 4.64. The topological polar surface area (TPSA) is 85.1 Å². The summed E-state index contributed by atoms with van der Waals surface area (Å²) < 4.78 is 0.710. The van der Waals surface area contributed by atoms with Crippen LogP contribution in [0.4, 0.5) is 5.69 Å². The van der Waals surface area contributed by atoms with Crippen LogP contribution >= 0.6 is 15.9 Å². The van der Waals surface area contributed by atoms with Crippen molar-refractivity contribution in [1.82, 2.24) is 10.3 Å². The number of amides is 1. The number of benzene rings is 1. The fraction of sp³-hybridized carbons (Fsp3) is 0.143. The lowest BCUT2D eigenvalue weighted by molar-refractivity contribution is -0.385. The summed E-state index contributed by atoms with van der Waals surface area (Å²) in [6.07, 6.45) is 3.04. The highest BCUT2D eigenvalue weighted by Gasteiger charge is 2.14. The fourth-order valence-electron chi connectivity index (χ4n) is 1.87. The SMILES string of the molecule is Cc1c(CNC(=O)c2cncc(Br)c2)cccc1[N+](=O)[O-]. The van der Waals surface area contributed by atoms with Gasteiger partial charge >= 0.3 is 0 Å². The van der Waals surface area contributed by atoms with Crippen molar-refractivity contribution in [3.05, 3.63) is 67.9 Å². The van der Waals surface area contributed by atoms with Crippen LogP contribution in [0, 0.1) is 17.0 Å². The minimum atomic E-state index is -0.432. The van der Waals surface area contributed by atoms with E-state index < -0.39 is 4.92 Å². The van der Waals surface area contributed by atoms with Crippen LogP contribution in [0.15, 0.2) is 41.1 Å². The normalized spacial score (nSPS) is 10.2. The van der Waals surface area contributed by atoms with Gasteiger partial charge in [-0.15, -0.1) is 0 Å². The number of hydrogen-bond donors (Lipinski definition) is 1. The fourth-order valence-corrected chi connectivity index (χ4v) is 2.24. The molecule has 0 saturated heterocycles. The zero-order valence-corrected chi connectivity index (χ0v) is 12.8. The Labute approximate surface area is 129 Å². The van der Waals surface area contributed by atoms with Crippen LogP contribution in [0.3, 0.4) is 0 Å². The standard InChI is InChI=1S/C14H12BrN3O3/c1-9-10(3-2-4-13(9)18(20)21)7-17-14(19)11-5-12(15)8-16-6-11/h2-6,8H,7H2,1H3,(H,17,19). The van der Waals surface area contributed by atoms with Crippen molar-refractivity contribution in [2.45, 2.75) is 13.5 Å². The Bertz CT molecular complexity index is 704. The van der Waals surface area contributed by atoms with E-state index in [2.05, 4.69) is 26.2 Å². The van der Waals surface area contributed by atoms with Gasteiger partial charge in [0.25, 0.3) is 11.6 Å². The van der Waals surface area contributed by atoms with Crippen molar-refractivity contribution in [2.75, 3.05) is 0 Å². The average molecular weight is 350 g/mol. The molecule has 0 bridgehead atoms. The van der Waals surface area contributed by atoms with Crippen molar-refractivity contribution < 1.29 is 9.72 Å². The minimum absolute atomic E-state index is 0.0471. The third-order valence-electron chi connectivity index (χ3n) is 3.02. The summed E-state index contributed by atoms with van der Waals surface area (Å²) in [4.78, 5) is 26.4. The van der Waals surface area contributed by atoms with Crippen molar-refractivity contribution in [1.29, 1.82) is 0 Å². The van der Waals surface area contributed by atoms with Crippen LogP contribution in [0.5, 0.6) is 0 Å². The number of halogens is 1. The van der Waals surface area contributed by atoms with E-state index in [0.29, 0.717) is 21.2 Å². The third-order valence-corrected chi connectivity index (χ3v) is 3.45. The van der Waals surface area contributed by atoms with E-state index in [1.165, 1.54) is 12.3 Å². The number of pyridine rings is 1. The van der Waals surface area contributed by atoms with Crippen LogP contribution in [0.25, 0.3) is 0 Å². The number of carbonyl (C=O) groups excluding carboxylic acids is 1. The van der Waals surface area contributed by atoms with Crippen LogP contribution in [0.1, 0.15) is 21.5 Å². The van der Waals surface area contributed by atoms with E-state index in [1.807, 2.05) is 0 Å². The molecule has 0 fully saturated rings. The molecule has 21 heavy (non-hydrogen) atoms. The largest absolute Gasteiger partial charge is 0.348 e. The number of nitro groups is 1. The summed E-state index contributed by atoms with van der Waals surface area (Å²) in [7, 11) is 0. The van der Waals surface area contributed by atoms with Gasteiger partial charge < -0.3 is 5.32 Å². The lowest BCUT2D eigenvalue weighted by Crippen LogP contribution is -2.23. The molecule has 0 aliphatic heterocycles. The van der Waals surface area contributed by atoms with E-state index in [4.69, 9.17) is 0 Å². The number of carbonyl (C=O) groups is 1. The van der Waals surface area contributed by atoms with E-state index in [1.54, 1.807) is 31.3 Å². The summed E-state index contributed by atoms with van der Waals surface area (Å²) in [6, 6.07) is 6.45. The average Bonchev–Trinajstić information content (AvgIpc) is 2.45. The number of aromatic nitrogens is 1. The highest BCUT2D eigenvalue weighted by Crippen LogP contribution is 2.21. The summed E-state index contributed by atoms with van der Waals surface area (Å²) in [6.45, 7) is 1.89. The Morgan fingerprint density at radius 2 is 2.19 bits per heavy atom. The third kappa shape index (κ3) is 3.63. The van der Waals surface area contributed by atoms with Gasteiger partial charge in [0.05, 0.1) is 10.5 Å². The zero-order chi connectivity index (χ0) is 15.4. The molecular formula is C14H12BrN3O3. The molecular weight excluding hydrogens is 338 g/mol.